The van der Waals surface area contributed by atoms with Gasteiger partial charge in [-0.15, -0.1) is 16.9 Å². The molecule has 0 spiro atoms. The standard InChI is InChI=1S/C23H18FN5OS2/c24-17-9-6-10-18(13-17)29-23(25-26-27-29)32-15-22(30)28-19-11-4-5-12-21(19)31-14-20(28)16-7-2-1-3-8-16/h1-13,20H,14-15H2. The second kappa shape index (κ2) is 9.13. The van der Waals surface area contributed by atoms with Crippen molar-refractivity contribution in [3.8, 4) is 5.69 Å². The zero-order chi connectivity index (χ0) is 21.9. The maximum Gasteiger partial charge on any atom is 0.238 e. The molecule has 0 fully saturated rings. The van der Waals surface area contributed by atoms with E-state index in [0.717, 1.165) is 21.9 Å². The van der Waals surface area contributed by atoms with Gasteiger partial charge in [0.05, 0.1) is 23.2 Å². The Labute approximate surface area is 192 Å². The summed E-state index contributed by atoms with van der Waals surface area (Å²) in [4.78, 5) is 16.5. The average Bonchev–Trinajstić information content (AvgIpc) is 3.31. The normalized spacial score (nSPS) is 15.4. The molecule has 1 unspecified atom stereocenters. The molecule has 0 saturated carbocycles. The van der Waals surface area contributed by atoms with Gasteiger partial charge < -0.3 is 4.90 Å². The first-order valence-electron chi connectivity index (χ1n) is 9.96. The van der Waals surface area contributed by atoms with Crippen LogP contribution in [0.15, 0.2) is 88.9 Å². The van der Waals surface area contributed by atoms with E-state index in [4.69, 9.17) is 0 Å². The Balaban J connectivity index is 1.41. The third kappa shape index (κ3) is 4.13. The minimum Gasteiger partial charge on any atom is -0.302 e. The van der Waals surface area contributed by atoms with Crippen molar-refractivity contribution in [3.05, 3.63) is 90.2 Å². The van der Waals surface area contributed by atoms with Crippen LogP contribution in [0.3, 0.4) is 0 Å². The molecule has 5 rings (SSSR count). The van der Waals surface area contributed by atoms with Gasteiger partial charge in [0.1, 0.15) is 5.82 Å². The summed E-state index contributed by atoms with van der Waals surface area (Å²) in [6.07, 6.45) is 0. The summed E-state index contributed by atoms with van der Waals surface area (Å²) in [5.41, 5.74) is 2.51. The zero-order valence-corrected chi connectivity index (χ0v) is 18.5. The summed E-state index contributed by atoms with van der Waals surface area (Å²) < 4.78 is 15.1. The van der Waals surface area contributed by atoms with Gasteiger partial charge in [-0.1, -0.05) is 60.3 Å². The number of thioether (sulfide) groups is 2. The Bertz CT molecular complexity index is 1250. The van der Waals surface area contributed by atoms with E-state index in [0.29, 0.717) is 10.8 Å². The van der Waals surface area contributed by atoms with Crippen LogP contribution in [0.2, 0.25) is 0 Å². The molecule has 1 atom stereocenters. The molecule has 32 heavy (non-hydrogen) atoms. The summed E-state index contributed by atoms with van der Waals surface area (Å²) in [6, 6.07) is 24.0. The number of benzene rings is 3. The highest BCUT2D eigenvalue weighted by molar-refractivity contribution is 8.00. The third-order valence-corrected chi connectivity index (χ3v) is 7.15. The van der Waals surface area contributed by atoms with Crippen LogP contribution in [-0.4, -0.2) is 37.6 Å². The second-order valence-corrected chi connectivity index (χ2v) is 9.12. The molecule has 0 bridgehead atoms. The van der Waals surface area contributed by atoms with Gasteiger partial charge in [-0.25, -0.2) is 4.39 Å². The first kappa shape index (κ1) is 20.7. The molecule has 0 radical (unpaired) electrons. The minimum atomic E-state index is -0.377. The number of aromatic nitrogens is 4. The Morgan fingerprint density at radius 1 is 1.06 bits per heavy atom. The van der Waals surface area contributed by atoms with Gasteiger partial charge in [0.25, 0.3) is 0 Å². The van der Waals surface area contributed by atoms with Crippen LogP contribution in [-0.2, 0) is 4.79 Å². The van der Waals surface area contributed by atoms with Crippen LogP contribution in [0.5, 0.6) is 0 Å². The fourth-order valence-corrected chi connectivity index (χ4v) is 5.57. The molecule has 1 aromatic heterocycles. The van der Waals surface area contributed by atoms with Crippen molar-refractivity contribution >= 4 is 35.1 Å². The number of anilines is 1. The van der Waals surface area contributed by atoms with E-state index >= 15 is 0 Å². The molecule has 2 heterocycles. The largest absolute Gasteiger partial charge is 0.302 e. The number of carbonyl (C=O) groups is 1. The quantitative estimate of drug-likeness (QED) is 0.397. The number of para-hydroxylation sites is 1. The summed E-state index contributed by atoms with van der Waals surface area (Å²) in [5, 5.41) is 12.1. The molecule has 1 aliphatic heterocycles. The lowest BCUT2D eigenvalue weighted by Gasteiger charge is -2.37. The van der Waals surface area contributed by atoms with Gasteiger partial charge in [0.15, 0.2) is 0 Å². The van der Waals surface area contributed by atoms with Crippen LogP contribution >= 0.6 is 23.5 Å². The lowest BCUT2D eigenvalue weighted by molar-refractivity contribution is -0.116. The smallest absolute Gasteiger partial charge is 0.238 e. The van der Waals surface area contributed by atoms with Gasteiger partial charge in [0.2, 0.25) is 11.1 Å². The van der Waals surface area contributed by atoms with Gasteiger partial charge in [-0.3, -0.25) is 4.79 Å². The minimum absolute atomic E-state index is 0.0367. The van der Waals surface area contributed by atoms with Gasteiger partial charge in [0, 0.05) is 10.6 Å². The van der Waals surface area contributed by atoms with Crippen molar-refractivity contribution in [1.29, 1.82) is 0 Å². The maximum absolute atomic E-state index is 13.6. The summed E-state index contributed by atoms with van der Waals surface area (Å²) in [7, 11) is 0. The Morgan fingerprint density at radius 3 is 2.72 bits per heavy atom. The monoisotopic (exact) mass is 463 g/mol. The van der Waals surface area contributed by atoms with E-state index in [9.17, 15) is 9.18 Å². The summed E-state index contributed by atoms with van der Waals surface area (Å²) in [6.45, 7) is 0. The van der Waals surface area contributed by atoms with Crippen LogP contribution < -0.4 is 4.90 Å². The summed E-state index contributed by atoms with van der Waals surface area (Å²) >= 11 is 2.99. The van der Waals surface area contributed by atoms with E-state index in [-0.39, 0.29) is 23.5 Å². The lowest BCUT2D eigenvalue weighted by atomic mass is 10.1. The third-order valence-electron chi connectivity index (χ3n) is 5.10. The van der Waals surface area contributed by atoms with E-state index in [2.05, 4.69) is 27.7 Å². The highest BCUT2D eigenvalue weighted by Crippen LogP contribution is 2.43. The predicted octanol–water partition coefficient (Wildman–Crippen LogP) is 4.77. The fourth-order valence-electron chi connectivity index (χ4n) is 3.65. The number of nitrogens with zero attached hydrogens (tertiary/aromatic N) is 5. The molecule has 1 aliphatic rings. The molecule has 4 aromatic rings. The molecular weight excluding hydrogens is 445 g/mol. The molecule has 3 aromatic carbocycles. The molecule has 0 N–H and O–H groups in total. The lowest BCUT2D eigenvalue weighted by Crippen LogP contribution is -2.39. The van der Waals surface area contributed by atoms with Crippen molar-refractivity contribution in [2.45, 2.75) is 16.1 Å². The highest BCUT2D eigenvalue weighted by atomic mass is 32.2. The predicted molar refractivity (Wildman–Crippen MR) is 124 cm³/mol. The number of rotatable bonds is 5. The van der Waals surface area contributed by atoms with E-state index in [1.165, 1.54) is 28.6 Å². The van der Waals surface area contributed by atoms with Crippen molar-refractivity contribution in [2.24, 2.45) is 0 Å². The van der Waals surface area contributed by atoms with Crippen molar-refractivity contribution in [1.82, 2.24) is 20.2 Å². The molecule has 9 heteroatoms. The topological polar surface area (TPSA) is 63.9 Å². The average molecular weight is 464 g/mol. The Morgan fingerprint density at radius 2 is 1.88 bits per heavy atom. The molecule has 160 valence electrons. The van der Waals surface area contributed by atoms with Crippen LogP contribution in [0.1, 0.15) is 11.6 Å². The van der Waals surface area contributed by atoms with E-state index < -0.39 is 0 Å². The zero-order valence-electron chi connectivity index (χ0n) is 16.8. The SMILES string of the molecule is O=C(CSc1nnnn1-c1cccc(F)c1)N1c2ccccc2SCC1c1ccccc1. The number of hydrogen-bond donors (Lipinski definition) is 0. The second-order valence-electron chi connectivity index (χ2n) is 7.11. The Kier molecular flexibility index (Phi) is 5.91. The summed E-state index contributed by atoms with van der Waals surface area (Å²) in [5.74, 6) is 0.514. The number of amides is 1. The molecular formula is C23H18FN5OS2. The number of tetrazole rings is 1. The number of halogens is 1. The van der Waals surface area contributed by atoms with Crippen LogP contribution in [0, 0.1) is 5.82 Å². The van der Waals surface area contributed by atoms with Crippen molar-refractivity contribution in [2.75, 3.05) is 16.4 Å². The van der Waals surface area contributed by atoms with Gasteiger partial charge in [-0.05, 0) is 46.3 Å². The molecule has 0 aliphatic carbocycles. The number of carbonyl (C=O) groups excluding carboxylic acids is 1. The molecule has 6 nitrogen and oxygen atoms in total. The maximum atomic E-state index is 13.6. The van der Waals surface area contributed by atoms with Crippen molar-refractivity contribution in [3.63, 3.8) is 0 Å². The van der Waals surface area contributed by atoms with Gasteiger partial charge >= 0.3 is 0 Å². The molecule has 1 amide bonds. The van der Waals surface area contributed by atoms with Gasteiger partial charge in [-0.2, -0.15) is 4.68 Å². The highest BCUT2D eigenvalue weighted by Gasteiger charge is 2.32. The Hall–Kier alpha value is -3.17. The van der Waals surface area contributed by atoms with Crippen LogP contribution in [0.4, 0.5) is 10.1 Å². The number of fused-ring (bicyclic) bond motifs is 1. The van der Waals surface area contributed by atoms with Crippen molar-refractivity contribution < 1.29 is 9.18 Å². The van der Waals surface area contributed by atoms with E-state index in [1.807, 2.05) is 47.4 Å². The number of hydrogen-bond acceptors (Lipinski definition) is 6. The molecule has 0 saturated heterocycles. The first-order chi connectivity index (χ1) is 15.7. The van der Waals surface area contributed by atoms with Crippen LogP contribution in [0.25, 0.3) is 5.69 Å². The fraction of sp³-hybridized carbons (Fsp3) is 0.130. The van der Waals surface area contributed by atoms with E-state index in [1.54, 1.807) is 23.9 Å². The first-order valence-corrected chi connectivity index (χ1v) is 11.9.